The molecule has 0 spiro atoms. The number of rotatable bonds is 3. The van der Waals surface area contributed by atoms with Gasteiger partial charge in [0.1, 0.15) is 0 Å². The van der Waals surface area contributed by atoms with Crippen LogP contribution in [-0.2, 0) is 6.42 Å². The third kappa shape index (κ3) is 2.02. The monoisotopic (exact) mass is 215 g/mol. The zero-order chi connectivity index (χ0) is 12.1. The predicted molar refractivity (Wildman–Crippen MR) is 52.5 cm³/mol. The molecule has 1 aromatic carbocycles. The van der Waals surface area contributed by atoms with Crippen molar-refractivity contribution in [1.29, 1.82) is 10.5 Å². The molecule has 78 valence electrons. The number of hydrogen-bond donors (Lipinski definition) is 0. The SMILES string of the molecule is N#CCc1c(C=O)cc(C#N)cc1[N+](=O)[O-]. The van der Waals surface area contributed by atoms with Gasteiger partial charge in [0.15, 0.2) is 6.29 Å². The lowest BCUT2D eigenvalue weighted by Gasteiger charge is -2.02. The van der Waals surface area contributed by atoms with Gasteiger partial charge in [-0.1, -0.05) is 0 Å². The number of carbonyl (C=O) groups excluding carboxylic acids is 1. The van der Waals surface area contributed by atoms with E-state index in [9.17, 15) is 14.9 Å². The van der Waals surface area contributed by atoms with Crippen LogP contribution in [0.4, 0.5) is 5.69 Å². The van der Waals surface area contributed by atoms with Gasteiger partial charge < -0.3 is 0 Å². The van der Waals surface area contributed by atoms with Crippen molar-refractivity contribution in [1.82, 2.24) is 0 Å². The van der Waals surface area contributed by atoms with Crippen LogP contribution in [-0.4, -0.2) is 11.2 Å². The fourth-order valence-corrected chi connectivity index (χ4v) is 1.28. The molecule has 0 N–H and O–H groups in total. The molecule has 16 heavy (non-hydrogen) atoms. The highest BCUT2D eigenvalue weighted by Crippen LogP contribution is 2.24. The predicted octanol–water partition coefficient (Wildman–Crippen LogP) is 1.35. The van der Waals surface area contributed by atoms with Gasteiger partial charge in [0.2, 0.25) is 0 Å². The van der Waals surface area contributed by atoms with Gasteiger partial charge in [-0.25, -0.2) is 0 Å². The molecule has 0 aromatic heterocycles. The van der Waals surface area contributed by atoms with Crippen molar-refractivity contribution < 1.29 is 9.72 Å². The zero-order valence-corrected chi connectivity index (χ0v) is 8.01. The maximum absolute atomic E-state index is 10.7. The topological polar surface area (TPSA) is 108 Å². The first kappa shape index (κ1) is 11.3. The summed E-state index contributed by atoms with van der Waals surface area (Å²) in [6.07, 6.45) is 0.163. The number of aldehydes is 1. The molecule has 0 saturated heterocycles. The Morgan fingerprint density at radius 2 is 2.12 bits per heavy atom. The van der Waals surface area contributed by atoms with E-state index in [0.717, 1.165) is 6.07 Å². The fraction of sp³-hybridized carbons (Fsp3) is 0.100. The first-order valence-corrected chi connectivity index (χ1v) is 4.17. The molecule has 0 atom stereocenters. The first-order valence-electron chi connectivity index (χ1n) is 4.17. The molecule has 6 heteroatoms. The summed E-state index contributed by atoms with van der Waals surface area (Å²) in [6.45, 7) is 0. The van der Waals surface area contributed by atoms with Crippen molar-refractivity contribution in [2.24, 2.45) is 0 Å². The van der Waals surface area contributed by atoms with E-state index >= 15 is 0 Å². The van der Waals surface area contributed by atoms with Crippen LogP contribution < -0.4 is 0 Å². The highest BCUT2D eigenvalue weighted by Gasteiger charge is 2.19. The van der Waals surface area contributed by atoms with E-state index in [1.54, 1.807) is 12.1 Å². The number of nitriles is 2. The second-order valence-corrected chi connectivity index (χ2v) is 2.88. The van der Waals surface area contributed by atoms with Crippen molar-refractivity contribution in [3.8, 4) is 12.1 Å². The number of hydrogen-bond acceptors (Lipinski definition) is 5. The lowest BCUT2D eigenvalue weighted by atomic mass is 10.0. The lowest BCUT2D eigenvalue weighted by molar-refractivity contribution is -0.385. The van der Waals surface area contributed by atoms with E-state index in [1.165, 1.54) is 6.07 Å². The van der Waals surface area contributed by atoms with Crippen LogP contribution in [0.5, 0.6) is 0 Å². The van der Waals surface area contributed by atoms with Crippen molar-refractivity contribution in [3.63, 3.8) is 0 Å². The largest absolute Gasteiger partial charge is 0.298 e. The average molecular weight is 215 g/mol. The molecular formula is C10H5N3O3. The van der Waals surface area contributed by atoms with Gasteiger partial charge in [0.25, 0.3) is 5.69 Å². The minimum atomic E-state index is -0.708. The molecule has 0 aliphatic heterocycles. The number of benzene rings is 1. The highest BCUT2D eigenvalue weighted by molar-refractivity contribution is 5.81. The molecule has 6 nitrogen and oxygen atoms in total. The normalized spacial score (nSPS) is 8.88. The molecule has 1 rings (SSSR count). The van der Waals surface area contributed by atoms with E-state index < -0.39 is 4.92 Å². The maximum atomic E-state index is 10.7. The molecule has 0 fully saturated rings. The molecule has 0 bridgehead atoms. The van der Waals surface area contributed by atoms with Crippen molar-refractivity contribution in [2.75, 3.05) is 0 Å². The molecular weight excluding hydrogens is 210 g/mol. The Morgan fingerprint density at radius 1 is 1.44 bits per heavy atom. The number of nitro groups is 1. The van der Waals surface area contributed by atoms with Crippen LogP contribution in [0.25, 0.3) is 0 Å². The smallest absolute Gasteiger partial charge is 0.275 e. The molecule has 0 amide bonds. The molecule has 0 heterocycles. The summed E-state index contributed by atoms with van der Waals surface area (Å²) in [5, 5.41) is 27.9. The third-order valence-corrected chi connectivity index (χ3v) is 1.97. The van der Waals surface area contributed by atoms with E-state index in [-0.39, 0.29) is 28.8 Å². The fourth-order valence-electron chi connectivity index (χ4n) is 1.28. The van der Waals surface area contributed by atoms with Gasteiger partial charge in [-0.05, 0) is 6.07 Å². The molecule has 0 radical (unpaired) electrons. The molecule has 0 saturated carbocycles. The van der Waals surface area contributed by atoms with Gasteiger partial charge in [-0.3, -0.25) is 14.9 Å². The second kappa shape index (κ2) is 4.67. The average Bonchev–Trinajstić information content (AvgIpc) is 2.29. The summed E-state index contributed by atoms with van der Waals surface area (Å²) in [5.41, 5.74) is -0.299. The number of nitrogens with zero attached hydrogens (tertiary/aromatic N) is 3. The van der Waals surface area contributed by atoms with Gasteiger partial charge >= 0.3 is 0 Å². The van der Waals surface area contributed by atoms with Crippen molar-refractivity contribution in [3.05, 3.63) is 38.9 Å². The van der Waals surface area contributed by atoms with Gasteiger partial charge in [-0.15, -0.1) is 0 Å². The van der Waals surface area contributed by atoms with Gasteiger partial charge in [0, 0.05) is 11.6 Å². The van der Waals surface area contributed by atoms with Gasteiger partial charge in [0.05, 0.1) is 34.6 Å². The van der Waals surface area contributed by atoms with Crippen LogP contribution in [0.1, 0.15) is 21.5 Å². The van der Waals surface area contributed by atoms with E-state index in [1.807, 2.05) is 0 Å². The quantitative estimate of drug-likeness (QED) is 0.429. The molecule has 1 aromatic rings. The van der Waals surface area contributed by atoms with Crippen LogP contribution in [0.15, 0.2) is 12.1 Å². The maximum Gasteiger partial charge on any atom is 0.275 e. The van der Waals surface area contributed by atoms with Crippen molar-refractivity contribution in [2.45, 2.75) is 6.42 Å². The molecule has 0 aliphatic rings. The summed E-state index contributed by atoms with van der Waals surface area (Å²) in [7, 11) is 0. The summed E-state index contributed by atoms with van der Waals surface area (Å²) < 4.78 is 0. The zero-order valence-electron chi connectivity index (χ0n) is 8.01. The Morgan fingerprint density at radius 3 is 2.56 bits per heavy atom. The van der Waals surface area contributed by atoms with Gasteiger partial charge in [-0.2, -0.15) is 10.5 Å². The summed E-state index contributed by atoms with van der Waals surface area (Å²) in [4.78, 5) is 20.7. The lowest BCUT2D eigenvalue weighted by Crippen LogP contribution is -2.00. The summed E-state index contributed by atoms with van der Waals surface area (Å²) in [6, 6.07) is 5.75. The third-order valence-electron chi connectivity index (χ3n) is 1.97. The standard InChI is InChI=1S/C10H5N3O3/c11-2-1-9-8(6-14)3-7(5-12)4-10(9)13(15)16/h3-4,6H,1H2. The minimum absolute atomic E-state index is 0.00676. The van der Waals surface area contributed by atoms with Crippen molar-refractivity contribution >= 4 is 12.0 Å². The van der Waals surface area contributed by atoms with Crippen LogP contribution in [0.2, 0.25) is 0 Å². The Labute approximate surface area is 90.5 Å². The summed E-state index contributed by atoms with van der Waals surface area (Å²) >= 11 is 0. The second-order valence-electron chi connectivity index (χ2n) is 2.88. The van der Waals surface area contributed by atoms with Crippen LogP contribution >= 0.6 is 0 Å². The molecule has 0 unspecified atom stereocenters. The van der Waals surface area contributed by atoms with Crippen LogP contribution in [0, 0.1) is 32.8 Å². The molecule has 0 aliphatic carbocycles. The van der Waals surface area contributed by atoms with E-state index in [2.05, 4.69) is 0 Å². The minimum Gasteiger partial charge on any atom is -0.298 e. The van der Waals surface area contributed by atoms with E-state index in [4.69, 9.17) is 10.5 Å². The van der Waals surface area contributed by atoms with Crippen LogP contribution in [0.3, 0.4) is 0 Å². The number of carbonyl (C=O) groups is 1. The Bertz CT molecular complexity index is 537. The first-order chi connectivity index (χ1) is 7.63. The Kier molecular flexibility index (Phi) is 3.31. The van der Waals surface area contributed by atoms with E-state index in [0.29, 0.717) is 6.29 Å². The Hall–Kier alpha value is -2.73. The number of nitro benzene ring substituents is 1. The Balaban J connectivity index is 3.56. The highest BCUT2D eigenvalue weighted by atomic mass is 16.6. The summed E-state index contributed by atoms with van der Waals surface area (Å²) in [5.74, 6) is 0.